The molecule has 6 heteroatoms. The predicted molar refractivity (Wildman–Crippen MR) is 88.2 cm³/mol. The van der Waals surface area contributed by atoms with E-state index in [1.165, 1.54) is 0 Å². The zero-order chi connectivity index (χ0) is 16.4. The van der Waals surface area contributed by atoms with Gasteiger partial charge >= 0.3 is 0 Å². The summed E-state index contributed by atoms with van der Waals surface area (Å²) in [5.41, 5.74) is 2.69. The van der Waals surface area contributed by atoms with E-state index >= 15 is 0 Å². The lowest BCUT2D eigenvalue weighted by molar-refractivity contribution is 0.0954. The van der Waals surface area contributed by atoms with Gasteiger partial charge in [0, 0.05) is 13.6 Å². The number of nitrogens with zero attached hydrogens (tertiary/aromatic N) is 3. The highest BCUT2D eigenvalue weighted by molar-refractivity contribution is 6.07. The number of aromatic nitrogens is 3. The number of carbonyl (C=O) groups is 1. The summed E-state index contributed by atoms with van der Waals surface area (Å²) in [6.45, 7) is 4.64. The van der Waals surface area contributed by atoms with Gasteiger partial charge in [0.15, 0.2) is 11.4 Å². The van der Waals surface area contributed by atoms with Crippen LogP contribution in [0.5, 0.6) is 0 Å². The molecule has 6 nitrogen and oxygen atoms in total. The maximum atomic E-state index is 12.6. The van der Waals surface area contributed by atoms with Gasteiger partial charge < -0.3 is 9.73 Å². The van der Waals surface area contributed by atoms with E-state index in [2.05, 4.69) is 22.3 Å². The Morgan fingerprint density at radius 2 is 2.26 bits per heavy atom. The molecule has 3 heterocycles. The molecule has 3 aromatic heterocycles. The lowest BCUT2D eigenvalue weighted by Crippen LogP contribution is -2.24. The van der Waals surface area contributed by atoms with Crippen molar-refractivity contribution in [3.8, 4) is 11.5 Å². The molecule has 120 valence electrons. The molecule has 0 saturated heterocycles. The smallest absolute Gasteiger partial charge is 0.252 e. The van der Waals surface area contributed by atoms with E-state index in [1.54, 1.807) is 23.1 Å². The number of unbranched alkanes of at least 4 members (excludes halogenated alkanes) is 1. The van der Waals surface area contributed by atoms with Gasteiger partial charge in [0.2, 0.25) is 0 Å². The molecule has 0 radical (unpaired) electrons. The first-order valence-electron chi connectivity index (χ1n) is 7.78. The molecule has 1 amide bonds. The largest absolute Gasteiger partial charge is 0.463 e. The van der Waals surface area contributed by atoms with Crippen molar-refractivity contribution in [3.63, 3.8) is 0 Å². The standard InChI is InChI=1S/C17H20N4O2/c1-4-5-8-18-17(22)12-10-13(14-7-6-9-23-14)19-16-15(12)11(2)20-21(16)3/h6-7,9-10H,4-5,8H2,1-3H3,(H,18,22). The Bertz CT molecular complexity index is 834. The van der Waals surface area contributed by atoms with Crippen LogP contribution in [0.15, 0.2) is 28.9 Å². The first-order valence-corrected chi connectivity index (χ1v) is 7.78. The lowest BCUT2D eigenvalue weighted by Gasteiger charge is -2.08. The molecule has 0 fully saturated rings. The van der Waals surface area contributed by atoms with Gasteiger partial charge in [0.05, 0.1) is 22.9 Å². The normalized spacial score (nSPS) is 11.1. The second-order valence-electron chi connectivity index (χ2n) is 5.55. The van der Waals surface area contributed by atoms with Gasteiger partial charge in [-0.3, -0.25) is 9.48 Å². The third kappa shape index (κ3) is 2.84. The van der Waals surface area contributed by atoms with E-state index in [0.717, 1.165) is 23.9 Å². The number of hydrogen-bond acceptors (Lipinski definition) is 4. The molecular weight excluding hydrogens is 292 g/mol. The van der Waals surface area contributed by atoms with Gasteiger partial charge in [-0.1, -0.05) is 13.3 Å². The van der Waals surface area contributed by atoms with Gasteiger partial charge in [-0.2, -0.15) is 5.10 Å². The highest BCUT2D eigenvalue weighted by atomic mass is 16.3. The fourth-order valence-electron chi connectivity index (χ4n) is 2.65. The maximum absolute atomic E-state index is 12.6. The summed E-state index contributed by atoms with van der Waals surface area (Å²) >= 11 is 0. The minimum atomic E-state index is -0.102. The third-order valence-electron chi connectivity index (χ3n) is 3.80. The summed E-state index contributed by atoms with van der Waals surface area (Å²) in [5.74, 6) is 0.531. The molecule has 0 aliphatic rings. The molecule has 3 rings (SSSR count). The van der Waals surface area contributed by atoms with Crippen LogP contribution in [0.2, 0.25) is 0 Å². The quantitative estimate of drug-likeness (QED) is 0.735. The Kier molecular flexibility index (Phi) is 4.14. The van der Waals surface area contributed by atoms with Crippen LogP contribution in [0.4, 0.5) is 0 Å². The number of pyridine rings is 1. The van der Waals surface area contributed by atoms with Crippen LogP contribution in [0.3, 0.4) is 0 Å². The number of hydrogen-bond donors (Lipinski definition) is 1. The van der Waals surface area contributed by atoms with Gasteiger partial charge in [-0.15, -0.1) is 0 Å². The van der Waals surface area contributed by atoms with Crippen molar-refractivity contribution in [1.82, 2.24) is 20.1 Å². The van der Waals surface area contributed by atoms with Crippen LogP contribution < -0.4 is 5.32 Å². The summed E-state index contributed by atoms with van der Waals surface area (Å²) in [6, 6.07) is 5.41. The summed E-state index contributed by atoms with van der Waals surface area (Å²) < 4.78 is 7.12. The van der Waals surface area contributed by atoms with Crippen molar-refractivity contribution in [3.05, 3.63) is 35.7 Å². The van der Waals surface area contributed by atoms with Crippen LogP contribution in [0.25, 0.3) is 22.5 Å². The molecule has 1 N–H and O–H groups in total. The van der Waals surface area contributed by atoms with Crippen molar-refractivity contribution in [2.75, 3.05) is 6.54 Å². The minimum Gasteiger partial charge on any atom is -0.463 e. The number of nitrogens with one attached hydrogen (secondary N) is 1. The first kappa shape index (κ1) is 15.3. The fraction of sp³-hybridized carbons (Fsp3) is 0.353. The lowest BCUT2D eigenvalue weighted by atomic mass is 10.1. The maximum Gasteiger partial charge on any atom is 0.252 e. The Morgan fingerprint density at radius 1 is 1.43 bits per heavy atom. The van der Waals surface area contributed by atoms with Crippen LogP contribution in [-0.4, -0.2) is 27.2 Å². The third-order valence-corrected chi connectivity index (χ3v) is 3.80. The number of fused-ring (bicyclic) bond motifs is 1. The second kappa shape index (κ2) is 6.24. The fourth-order valence-corrected chi connectivity index (χ4v) is 2.65. The molecule has 0 atom stereocenters. The van der Waals surface area contributed by atoms with E-state index in [4.69, 9.17) is 4.42 Å². The van der Waals surface area contributed by atoms with Gasteiger partial charge in [0.1, 0.15) is 5.69 Å². The van der Waals surface area contributed by atoms with Gasteiger partial charge in [0.25, 0.3) is 5.91 Å². The number of carbonyl (C=O) groups excluding carboxylic acids is 1. The predicted octanol–water partition coefficient (Wildman–Crippen LogP) is 3.07. The number of furan rings is 1. The average Bonchev–Trinajstić information content (AvgIpc) is 3.16. The monoisotopic (exact) mass is 312 g/mol. The van der Waals surface area contributed by atoms with Crippen LogP contribution in [-0.2, 0) is 7.05 Å². The summed E-state index contributed by atoms with van der Waals surface area (Å²) in [6.07, 6.45) is 3.59. The van der Waals surface area contributed by atoms with E-state index in [1.807, 2.05) is 20.0 Å². The minimum absolute atomic E-state index is 0.102. The van der Waals surface area contributed by atoms with E-state index in [0.29, 0.717) is 29.2 Å². The number of rotatable bonds is 5. The molecule has 0 bridgehead atoms. The zero-order valence-corrected chi connectivity index (χ0v) is 13.6. The number of amides is 1. The molecule has 0 aliphatic heterocycles. The zero-order valence-electron chi connectivity index (χ0n) is 13.6. The molecule has 0 aliphatic carbocycles. The Hall–Kier alpha value is -2.63. The molecule has 0 saturated carbocycles. The number of aryl methyl sites for hydroxylation is 2. The van der Waals surface area contributed by atoms with Crippen LogP contribution >= 0.6 is 0 Å². The second-order valence-corrected chi connectivity index (χ2v) is 5.55. The van der Waals surface area contributed by atoms with E-state index in [9.17, 15) is 4.79 Å². The molecule has 3 aromatic rings. The first-order chi connectivity index (χ1) is 11.1. The summed E-state index contributed by atoms with van der Waals surface area (Å²) in [5, 5.41) is 8.15. The molecule has 23 heavy (non-hydrogen) atoms. The van der Waals surface area contributed by atoms with Crippen molar-refractivity contribution in [2.45, 2.75) is 26.7 Å². The molecule has 0 unspecified atom stereocenters. The van der Waals surface area contributed by atoms with Crippen LogP contribution in [0, 0.1) is 6.92 Å². The van der Waals surface area contributed by atoms with Crippen molar-refractivity contribution in [1.29, 1.82) is 0 Å². The highest BCUT2D eigenvalue weighted by Crippen LogP contribution is 2.27. The average molecular weight is 312 g/mol. The summed E-state index contributed by atoms with van der Waals surface area (Å²) in [7, 11) is 1.83. The van der Waals surface area contributed by atoms with E-state index in [-0.39, 0.29) is 5.91 Å². The Balaban J connectivity index is 2.12. The SMILES string of the molecule is CCCCNC(=O)c1cc(-c2ccco2)nc2c1c(C)nn2C. The molecule has 0 spiro atoms. The van der Waals surface area contributed by atoms with E-state index < -0.39 is 0 Å². The topological polar surface area (TPSA) is 73.0 Å². The van der Waals surface area contributed by atoms with Gasteiger partial charge in [-0.05, 0) is 31.5 Å². The Morgan fingerprint density at radius 3 is 2.96 bits per heavy atom. The van der Waals surface area contributed by atoms with Gasteiger partial charge in [-0.25, -0.2) is 4.98 Å². The summed E-state index contributed by atoms with van der Waals surface area (Å²) in [4.78, 5) is 17.2. The molecular formula is C17H20N4O2. The van der Waals surface area contributed by atoms with Crippen LogP contribution in [0.1, 0.15) is 35.8 Å². The highest BCUT2D eigenvalue weighted by Gasteiger charge is 2.19. The Labute approximate surface area is 134 Å². The van der Waals surface area contributed by atoms with Crippen molar-refractivity contribution < 1.29 is 9.21 Å². The van der Waals surface area contributed by atoms with Crippen molar-refractivity contribution in [2.24, 2.45) is 7.05 Å². The van der Waals surface area contributed by atoms with Crippen molar-refractivity contribution >= 4 is 16.9 Å². The molecule has 0 aromatic carbocycles.